The van der Waals surface area contributed by atoms with Crippen LogP contribution in [0.2, 0.25) is 0 Å². The van der Waals surface area contributed by atoms with Crippen LogP contribution < -0.4 is 5.32 Å². The SMILES string of the molecule is CCOC(=O)c1cnn(C)c1CNCC(C)(C)OCC. The number of rotatable bonds is 8. The third kappa shape index (κ3) is 4.61. The van der Waals surface area contributed by atoms with Crippen LogP contribution in [0.4, 0.5) is 0 Å². The van der Waals surface area contributed by atoms with Gasteiger partial charge in [-0.1, -0.05) is 0 Å². The maximum atomic E-state index is 11.8. The van der Waals surface area contributed by atoms with Crippen LogP contribution in [0.15, 0.2) is 6.20 Å². The largest absolute Gasteiger partial charge is 0.462 e. The van der Waals surface area contributed by atoms with Gasteiger partial charge in [-0.15, -0.1) is 0 Å². The van der Waals surface area contributed by atoms with Crippen molar-refractivity contribution in [2.75, 3.05) is 19.8 Å². The maximum Gasteiger partial charge on any atom is 0.341 e. The van der Waals surface area contributed by atoms with Crippen molar-refractivity contribution >= 4 is 5.97 Å². The van der Waals surface area contributed by atoms with E-state index in [0.717, 1.165) is 5.69 Å². The first-order chi connectivity index (χ1) is 9.41. The van der Waals surface area contributed by atoms with E-state index in [1.54, 1.807) is 17.8 Å². The van der Waals surface area contributed by atoms with Crippen LogP contribution in [0, 0.1) is 0 Å². The lowest BCUT2D eigenvalue weighted by atomic mass is 10.1. The second-order valence-corrected chi connectivity index (χ2v) is 5.15. The Morgan fingerprint density at radius 2 is 2.10 bits per heavy atom. The molecule has 0 saturated heterocycles. The topological polar surface area (TPSA) is 65.4 Å². The second-order valence-electron chi connectivity index (χ2n) is 5.15. The Morgan fingerprint density at radius 3 is 2.70 bits per heavy atom. The lowest BCUT2D eigenvalue weighted by Crippen LogP contribution is -2.37. The number of hydrogen-bond donors (Lipinski definition) is 1. The average molecular weight is 283 g/mol. The van der Waals surface area contributed by atoms with Gasteiger partial charge < -0.3 is 14.8 Å². The van der Waals surface area contributed by atoms with Crippen LogP contribution in [0.3, 0.4) is 0 Å². The van der Waals surface area contributed by atoms with Gasteiger partial charge in [0.05, 0.1) is 24.1 Å². The van der Waals surface area contributed by atoms with E-state index in [1.807, 2.05) is 27.8 Å². The van der Waals surface area contributed by atoms with E-state index in [9.17, 15) is 4.79 Å². The molecule has 20 heavy (non-hydrogen) atoms. The minimum absolute atomic E-state index is 0.239. The molecule has 1 heterocycles. The van der Waals surface area contributed by atoms with E-state index in [-0.39, 0.29) is 11.6 Å². The van der Waals surface area contributed by atoms with E-state index in [0.29, 0.717) is 31.9 Å². The van der Waals surface area contributed by atoms with Gasteiger partial charge in [-0.2, -0.15) is 5.10 Å². The fraction of sp³-hybridized carbons (Fsp3) is 0.714. The highest BCUT2D eigenvalue weighted by Gasteiger charge is 2.20. The fourth-order valence-electron chi connectivity index (χ4n) is 1.98. The summed E-state index contributed by atoms with van der Waals surface area (Å²) < 4.78 is 12.3. The van der Waals surface area contributed by atoms with Crippen LogP contribution in [0.1, 0.15) is 43.7 Å². The maximum absolute atomic E-state index is 11.8. The molecule has 0 fully saturated rings. The summed E-state index contributed by atoms with van der Waals surface area (Å²) in [5.41, 5.74) is 1.09. The molecule has 0 atom stereocenters. The highest BCUT2D eigenvalue weighted by Crippen LogP contribution is 2.11. The molecule has 6 nitrogen and oxygen atoms in total. The molecule has 0 unspecified atom stereocenters. The number of aromatic nitrogens is 2. The van der Waals surface area contributed by atoms with E-state index in [4.69, 9.17) is 9.47 Å². The van der Waals surface area contributed by atoms with Gasteiger partial charge in [0.25, 0.3) is 0 Å². The lowest BCUT2D eigenvalue weighted by Gasteiger charge is -2.25. The first-order valence-corrected chi connectivity index (χ1v) is 6.94. The van der Waals surface area contributed by atoms with Crippen LogP contribution in [0.25, 0.3) is 0 Å². The van der Waals surface area contributed by atoms with Crippen molar-refractivity contribution in [1.82, 2.24) is 15.1 Å². The third-order valence-electron chi connectivity index (χ3n) is 2.94. The summed E-state index contributed by atoms with van der Waals surface area (Å²) in [4.78, 5) is 11.8. The molecule has 0 saturated carbocycles. The minimum Gasteiger partial charge on any atom is -0.462 e. The smallest absolute Gasteiger partial charge is 0.341 e. The number of ether oxygens (including phenoxy) is 2. The number of carbonyl (C=O) groups excluding carboxylic acids is 1. The summed E-state index contributed by atoms with van der Waals surface area (Å²) >= 11 is 0. The zero-order chi connectivity index (χ0) is 15.2. The lowest BCUT2D eigenvalue weighted by molar-refractivity contribution is -0.00906. The van der Waals surface area contributed by atoms with Gasteiger partial charge in [0, 0.05) is 26.7 Å². The van der Waals surface area contributed by atoms with Gasteiger partial charge in [-0.3, -0.25) is 4.68 Å². The predicted molar refractivity (Wildman–Crippen MR) is 76.6 cm³/mol. The molecule has 0 aliphatic rings. The first-order valence-electron chi connectivity index (χ1n) is 6.94. The molecule has 0 aliphatic carbocycles. The van der Waals surface area contributed by atoms with Crippen molar-refractivity contribution in [3.63, 3.8) is 0 Å². The van der Waals surface area contributed by atoms with Crippen molar-refractivity contribution < 1.29 is 14.3 Å². The summed E-state index contributed by atoms with van der Waals surface area (Å²) in [6.45, 7) is 10.1. The monoisotopic (exact) mass is 283 g/mol. The van der Waals surface area contributed by atoms with Crippen molar-refractivity contribution in [2.24, 2.45) is 7.05 Å². The number of carbonyl (C=O) groups is 1. The van der Waals surface area contributed by atoms with E-state index < -0.39 is 0 Å². The predicted octanol–water partition coefficient (Wildman–Crippen LogP) is 1.50. The Hall–Kier alpha value is -1.40. The quantitative estimate of drug-likeness (QED) is 0.732. The van der Waals surface area contributed by atoms with Crippen molar-refractivity contribution in [3.8, 4) is 0 Å². The number of nitrogens with one attached hydrogen (secondary N) is 1. The number of hydrogen-bond acceptors (Lipinski definition) is 5. The van der Waals surface area contributed by atoms with Gasteiger partial charge in [-0.05, 0) is 27.7 Å². The molecule has 0 spiro atoms. The zero-order valence-corrected chi connectivity index (χ0v) is 13.0. The van der Waals surface area contributed by atoms with Gasteiger partial charge in [0.15, 0.2) is 0 Å². The molecule has 1 N–H and O–H groups in total. The van der Waals surface area contributed by atoms with Gasteiger partial charge in [0.1, 0.15) is 5.56 Å². The molecule has 0 bridgehead atoms. The molecule has 1 aromatic heterocycles. The second kappa shape index (κ2) is 7.40. The minimum atomic E-state index is -0.332. The molecular formula is C14H25N3O3. The average Bonchev–Trinajstić information content (AvgIpc) is 2.71. The summed E-state index contributed by atoms with van der Waals surface area (Å²) in [6, 6.07) is 0. The van der Waals surface area contributed by atoms with Crippen molar-refractivity contribution in [1.29, 1.82) is 0 Å². The summed E-state index contributed by atoms with van der Waals surface area (Å²) in [5, 5.41) is 7.41. The standard InChI is InChI=1S/C14H25N3O3/c1-6-19-13(18)11-8-16-17(5)12(11)9-15-10-14(3,4)20-7-2/h8,15H,6-7,9-10H2,1-5H3. The summed E-state index contributed by atoms with van der Waals surface area (Å²) in [5.74, 6) is -0.332. The highest BCUT2D eigenvalue weighted by molar-refractivity contribution is 5.90. The van der Waals surface area contributed by atoms with Crippen LogP contribution in [0.5, 0.6) is 0 Å². The Balaban J connectivity index is 2.64. The zero-order valence-electron chi connectivity index (χ0n) is 13.0. The van der Waals surface area contributed by atoms with Crippen LogP contribution in [-0.2, 0) is 23.1 Å². The molecule has 6 heteroatoms. The molecule has 0 aliphatic heterocycles. The normalized spacial score (nSPS) is 11.7. The summed E-state index contributed by atoms with van der Waals surface area (Å²) in [7, 11) is 1.81. The Labute approximate surface area is 120 Å². The van der Waals surface area contributed by atoms with Crippen LogP contribution in [-0.4, -0.2) is 41.1 Å². The van der Waals surface area contributed by atoms with E-state index in [2.05, 4.69) is 10.4 Å². The number of aryl methyl sites for hydroxylation is 1. The molecule has 114 valence electrons. The Morgan fingerprint density at radius 1 is 1.40 bits per heavy atom. The molecule has 1 rings (SSSR count). The Kier molecular flexibility index (Phi) is 6.16. The molecular weight excluding hydrogens is 258 g/mol. The highest BCUT2D eigenvalue weighted by atomic mass is 16.5. The van der Waals surface area contributed by atoms with Crippen molar-refractivity contribution in [2.45, 2.75) is 39.8 Å². The van der Waals surface area contributed by atoms with Gasteiger partial charge >= 0.3 is 5.97 Å². The number of esters is 1. The fourth-order valence-corrected chi connectivity index (χ4v) is 1.98. The molecule has 0 aromatic carbocycles. The third-order valence-corrected chi connectivity index (χ3v) is 2.94. The Bertz CT molecular complexity index is 441. The van der Waals surface area contributed by atoms with Gasteiger partial charge in [-0.25, -0.2) is 4.79 Å². The van der Waals surface area contributed by atoms with Crippen molar-refractivity contribution in [3.05, 3.63) is 17.5 Å². The van der Waals surface area contributed by atoms with E-state index in [1.165, 1.54) is 0 Å². The molecule has 1 aromatic rings. The van der Waals surface area contributed by atoms with Gasteiger partial charge in [0.2, 0.25) is 0 Å². The summed E-state index contributed by atoms with van der Waals surface area (Å²) in [6.07, 6.45) is 1.54. The van der Waals surface area contributed by atoms with E-state index >= 15 is 0 Å². The molecule has 0 radical (unpaired) electrons. The number of nitrogens with zero attached hydrogens (tertiary/aromatic N) is 2. The molecule has 0 amide bonds. The first kappa shape index (κ1) is 16.7. The van der Waals surface area contributed by atoms with Crippen LogP contribution >= 0.6 is 0 Å².